The third-order valence-corrected chi connectivity index (χ3v) is 7.04. The number of hydrogen-bond acceptors (Lipinski definition) is 11. The average molecular weight is 644 g/mol. The summed E-state index contributed by atoms with van der Waals surface area (Å²) >= 11 is 0. The van der Waals surface area contributed by atoms with Crippen LogP contribution in [0.25, 0.3) is 11.0 Å². The normalized spacial score (nSPS) is 11.7. The predicted molar refractivity (Wildman–Crippen MR) is 168 cm³/mol. The van der Waals surface area contributed by atoms with Gasteiger partial charge in [0.15, 0.2) is 11.5 Å². The van der Waals surface area contributed by atoms with Gasteiger partial charge in [-0.2, -0.15) is 8.42 Å². The molecule has 0 saturated heterocycles. The number of rotatable bonds is 12. The Kier molecular flexibility index (Phi) is 12.4. The van der Waals surface area contributed by atoms with Crippen molar-refractivity contribution in [3.8, 4) is 23.0 Å². The van der Waals surface area contributed by atoms with Crippen molar-refractivity contribution in [2.24, 2.45) is 0 Å². The minimum absolute atomic E-state index is 0.120. The van der Waals surface area contributed by atoms with Crippen LogP contribution in [0.15, 0.2) is 75.9 Å². The van der Waals surface area contributed by atoms with Gasteiger partial charge in [0.2, 0.25) is 5.75 Å². The summed E-state index contributed by atoms with van der Waals surface area (Å²) in [6, 6.07) is 18.7. The number of aryl methyl sites for hydroxylation is 1. The van der Waals surface area contributed by atoms with Gasteiger partial charge in [0, 0.05) is 23.4 Å². The van der Waals surface area contributed by atoms with Crippen LogP contribution in [-0.2, 0) is 15.1 Å². The van der Waals surface area contributed by atoms with E-state index in [0.29, 0.717) is 40.4 Å². The van der Waals surface area contributed by atoms with Crippen molar-refractivity contribution in [1.82, 2.24) is 4.90 Å². The van der Waals surface area contributed by atoms with Crippen LogP contribution in [-0.4, -0.2) is 72.4 Å². The summed E-state index contributed by atoms with van der Waals surface area (Å²) in [6.07, 6.45) is 0.888. The molecule has 1 N–H and O–H groups in total. The van der Waals surface area contributed by atoms with Gasteiger partial charge in [0.1, 0.15) is 11.3 Å². The average Bonchev–Trinajstić information content (AvgIpc) is 2.99. The van der Waals surface area contributed by atoms with Crippen molar-refractivity contribution in [1.29, 1.82) is 0 Å². The van der Waals surface area contributed by atoms with Crippen LogP contribution in [0.1, 0.15) is 33.8 Å². The molecule has 13 heteroatoms. The number of fused-ring (bicyclic) bond motifs is 1. The van der Waals surface area contributed by atoms with Crippen molar-refractivity contribution in [3.63, 3.8) is 0 Å². The molecule has 0 unspecified atom stereocenters. The number of methoxy groups -OCH3 is 3. The number of esters is 1. The third kappa shape index (κ3) is 10.2. The molecule has 0 aliphatic carbocycles. The monoisotopic (exact) mass is 643 g/mol. The van der Waals surface area contributed by atoms with Crippen LogP contribution in [0.2, 0.25) is 0 Å². The van der Waals surface area contributed by atoms with E-state index in [1.807, 2.05) is 32.3 Å². The third-order valence-electron chi connectivity index (χ3n) is 6.64. The molecule has 0 saturated carbocycles. The van der Waals surface area contributed by atoms with Crippen molar-refractivity contribution in [3.05, 3.63) is 93.8 Å². The van der Waals surface area contributed by atoms with E-state index in [-0.39, 0.29) is 17.3 Å². The first-order valence-electron chi connectivity index (χ1n) is 13.7. The molecule has 4 rings (SSSR count). The summed E-state index contributed by atoms with van der Waals surface area (Å²) in [4.78, 5) is 25.9. The van der Waals surface area contributed by atoms with Gasteiger partial charge in [-0.25, -0.2) is 9.59 Å². The molecule has 0 amide bonds. The molecular weight excluding hydrogens is 606 g/mol. The number of carbonyl (C=O) groups is 1. The fraction of sp³-hybridized carbons (Fsp3) is 0.312. The largest absolute Gasteiger partial charge is 0.493 e. The molecule has 4 aromatic rings. The summed E-state index contributed by atoms with van der Waals surface area (Å²) in [5, 5.41) is 0.660. The lowest BCUT2D eigenvalue weighted by atomic mass is 9.96. The van der Waals surface area contributed by atoms with Crippen molar-refractivity contribution >= 4 is 27.3 Å². The summed E-state index contributed by atoms with van der Waals surface area (Å²) in [7, 11) is 4.02. The molecule has 0 aliphatic rings. The van der Waals surface area contributed by atoms with Crippen molar-refractivity contribution in [2.45, 2.75) is 19.3 Å². The minimum Gasteiger partial charge on any atom is -0.493 e. The van der Waals surface area contributed by atoms with Crippen LogP contribution in [0.5, 0.6) is 23.0 Å². The van der Waals surface area contributed by atoms with Gasteiger partial charge in [0.25, 0.3) is 0 Å². The molecule has 1 heterocycles. The Morgan fingerprint density at radius 3 is 2.13 bits per heavy atom. The second-order valence-corrected chi connectivity index (χ2v) is 11.2. The van der Waals surface area contributed by atoms with E-state index < -0.39 is 22.0 Å². The maximum atomic E-state index is 12.7. The highest BCUT2D eigenvalue weighted by Gasteiger charge is 2.20. The van der Waals surface area contributed by atoms with Gasteiger partial charge in [-0.05, 0) is 69.4 Å². The molecule has 0 bridgehead atoms. The Bertz CT molecular complexity index is 1730. The Balaban J connectivity index is 0.000000276. The Morgan fingerprint density at radius 2 is 1.58 bits per heavy atom. The number of hydrogen-bond donors (Lipinski definition) is 1. The van der Waals surface area contributed by atoms with Gasteiger partial charge >= 0.3 is 22.0 Å². The zero-order chi connectivity index (χ0) is 33.1. The molecule has 12 nitrogen and oxygen atoms in total. The minimum atomic E-state index is -4.59. The van der Waals surface area contributed by atoms with Gasteiger partial charge < -0.3 is 32.4 Å². The van der Waals surface area contributed by atoms with Gasteiger partial charge in [-0.3, -0.25) is 4.55 Å². The molecular formula is C32H37NO11S. The quantitative estimate of drug-likeness (QED) is 0.127. The van der Waals surface area contributed by atoms with E-state index in [4.69, 9.17) is 27.9 Å². The molecule has 45 heavy (non-hydrogen) atoms. The second kappa shape index (κ2) is 15.9. The SMILES string of the molecule is COc1cc(C(=O)OC[C@@H](CCN(C)C)c2ccccc2)cc(OC)c1OC.Cc1cc(=O)oc2cc(OS(=O)(=O)O)ccc12. The highest BCUT2D eigenvalue weighted by molar-refractivity contribution is 7.81. The standard InChI is InChI=1S/C22H29NO5.C10H8O6S/c1-23(2)12-11-17(16-9-7-6-8-10-16)15-28-22(24)18-13-19(25-3)21(27-5)20(14-18)26-4;1-6-4-10(11)15-9-5-7(2-3-8(6)9)16-17(12,13)14/h6-10,13-14,17H,11-12,15H2,1-5H3;2-5H,1H3,(H,12,13,14)/t17-;/m1./s1. The van der Waals surface area contributed by atoms with E-state index in [1.54, 1.807) is 19.1 Å². The molecule has 0 fully saturated rings. The molecule has 0 aliphatic heterocycles. The topological polar surface area (TPSA) is 151 Å². The first kappa shape index (κ1) is 34.9. The van der Waals surface area contributed by atoms with E-state index in [1.165, 1.54) is 45.6 Å². The van der Waals surface area contributed by atoms with Gasteiger partial charge in [-0.15, -0.1) is 0 Å². The van der Waals surface area contributed by atoms with Crippen LogP contribution in [0, 0.1) is 6.92 Å². The molecule has 3 aromatic carbocycles. The van der Waals surface area contributed by atoms with E-state index in [2.05, 4.69) is 21.2 Å². The highest BCUT2D eigenvalue weighted by Crippen LogP contribution is 2.38. The van der Waals surface area contributed by atoms with Crippen LogP contribution in [0.4, 0.5) is 0 Å². The highest BCUT2D eigenvalue weighted by atomic mass is 32.3. The fourth-order valence-corrected chi connectivity index (χ4v) is 4.77. The first-order chi connectivity index (χ1) is 21.3. The number of carbonyl (C=O) groups excluding carboxylic acids is 1. The van der Waals surface area contributed by atoms with Crippen LogP contribution >= 0.6 is 0 Å². The lowest BCUT2D eigenvalue weighted by Gasteiger charge is -2.20. The Labute approximate surface area is 262 Å². The molecule has 0 spiro atoms. The second-order valence-electron chi connectivity index (χ2n) is 10.1. The van der Waals surface area contributed by atoms with Crippen LogP contribution < -0.4 is 24.0 Å². The van der Waals surface area contributed by atoms with Gasteiger partial charge in [0.05, 0.1) is 33.5 Å². The first-order valence-corrected chi connectivity index (χ1v) is 15.1. The van der Waals surface area contributed by atoms with Crippen molar-refractivity contribution < 1.29 is 45.3 Å². The summed E-state index contributed by atoms with van der Waals surface area (Å²) < 4.78 is 60.2. The van der Waals surface area contributed by atoms with E-state index >= 15 is 0 Å². The Morgan fingerprint density at radius 1 is 0.933 bits per heavy atom. The van der Waals surface area contributed by atoms with E-state index in [0.717, 1.165) is 18.5 Å². The lowest BCUT2D eigenvalue weighted by Crippen LogP contribution is -2.20. The molecule has 0 radical (unpaired) electrons. The molecule has 242 valence electrons. The smallest absolute Gasteiger partial charge is 0.446 e. The number of benzene rings is 3. The Hall–Kier alpha value is -4.59. The maximum Gasteiger partial charge on any atom is 0.446 e. The van der Waals surface area contributed by atoms with Crippen LogP contribution in [0.3, 0.4) is 0 Å². The van der Waals surface area contributed by atoms with E-state index in [9.17, 15) is 18.0 Å². The molecule has 1 atom stereocenters. The summed E-state index contributed by atoms with van der Waals surface area (Å²) in [5.74, 6) is 0.838. The van der Waals surface area contributed by atoms with Gasteiger partial charge in [-0.1, -0.05) is 30.3 Å². The fourth-order valence-electron chi connectivity index (χ4n) is 4.42. The lowest BCUT2D eigenvalue weighted by molar-refractivity contribution is 0.0471. The molecule has 1 aromatic heterocycles. The maximum absolute atomic E-state index is 12.7. The number of ether oxygens (including phenoxy) is 4. The van der Waals surface area contributed by atoms with Crippen molar-refractivity contribution in [2.75, 3.05) is 48.6 Å². The summed E-state index contributed by atoms with van der Waals surface area (Å²) in [6.45, 7) is 2.93. The zero-order valence-electron chi connectivity index (χ0n) is 25.9. The number of nitrogens with zero attached hydrogens (tertiary/aromatic N) is 1. The zero-order valence-corrected chi connectivity index (χ0v) is 26.8. The predicted octanol–water partition coefficient (Wildman–Crippen LogP) is 4.89. The summed E-state index contributed by atoms with van der Waals surface area (Å²) in [5.41, 5.74) is 1.86.